The number of hydrogen-bond acceptors (Lipinski definition) is 3. The summed E-state index contributed by atoms with van der Waals surface area (Å²) in [5.74, 6) is 3.38. The number of nitrogens with one attached hydrogen (secondary N) is 1. The third-order valence-corrected chi connectivity index (χ3v) is 4.19. The molecule has 0 aromatic carbocycles. The highest BCUT2D eigenvalue weighted by atomic mass is 32.2. The van der Waals surface area contributed by atoms with Crippen LogP contribution in [-0.2, 0) is 0 Å². The zero-order valence-electron chi connectivity index (χ0n) is 13.0. The van der Waals surface area contributed by atoms with Gasteiger partial charge in [-0.15, -0.1) is 0 Å². The van der Waals surface area contributed by atoms with Crippen LogP contribution in [0.1, 0.15) is 60.3 Å². The third-order valence-electron chi connectivity index (χ3n) is 3.09. The molecular weight excluding hydrogens is 242 g/mol. The number of thioether (sulfide) groups is 1. The fourth-order valence-electron chi connectivity index (χ4n) is 2.03. The highest BCUT2D eigenvalue weighted by Crippen LogP contribution is 2.17. The molecule has 0 aromatic heterocycles. The van der Waals surface area contributed by atoms with Crippen LogP contribution in [0.4, 0.5) is 0 Å². The maximum absolute atomic E-state index is 9.47. The van der Waals surface area contributed by atoms with Crippen LogP contribution in [-0.4, -0.2) is 34.8 Å². The van der Waals surface area contributed by atoms with Gasteiger partial charge in [0, 0.05) is 11.6 Å². The van der Waals surface area contributed by atoms with E-state index in [9.17, 15) is 5.11 Å². The summed E-state index contributed by atoms with van der Waals surface area (Å²) in [4.78, 5) is 0. The Morgan fingerprint density at radius 1 is 1.11 bits per heavy atom. The topological polar surface area (TPSA) is 32.3 Å². The van der Waals surface area contributed by atoms with Gasteiger partial charge in [-0.05, 0) is 43.6 Å². The first kappa shape index (κ1) is 18.3. The molecule has 18 heavy (non-hydrogen) atoms. The van der Waals surface area contributed by atoms with Gasteiger partial charge in [-0.2, -0.15) is 11.8 Å². The zero-order valence-corrected chi connectivity index (χ0v) is 13.8. The van der Waals surface area contributed by atoms with Crippen molar-refractivity contribution in [1.29, 1.82) is 0 Å². The number of aliphatic hydroxyl groups is 1. The molecule has 110 valence electrons. The molecule has 0 aliphatic carbocycles. The van der Waals surface area contributed by atoms with Gasteiger partial charge in [0.15, 0.2) is 0 Å². The van der Waals surface area contributed by atoms with Gasteiger partial charge in [0.05, 0.1) is 6.61 Å². The molecule has 0 saturated carbocycles. The second kappa shape index (κ2) is 10.1. The molecule has 0 spiro atoms. The summed E-state index contributed by atoms with van der Waals surface area (Å²) in [6, 6.07) is 0.433. The molecule has 0 saturated heterocycles. The number of aliphatic hydroxyl groups excluding tert-OH is 1. The predicted molar refractivity (Wildman–Crippen MR) is 84.4 cm³/mol. The van der Waals surface area contributed by atoms with Crippen molar-refractivity contribution in [2.24, 2.45) is 5.92 Å². The van der Waals surface area contributed by atoms with Gasteiger partial charge < -0.3 is 10.4 Å². The Bertz CT molecular complexity index is 197. The second-order valence-corrected chi connectivity index (χ2v) is 7.49. The highest BCUT2D eigenvalue weighted by Gasteiger charge is 2.22. The molecule has 0 radical (unpaired) electrons. The van der Waals surface area contributed by atoms with Crippen molar-refractivity contribution < 1.29 is 5.11 Å². The van der Waals surface area contributed by atoms with Crippen LogP contribution in [0.2, 0.25) is 0 Å². The Morgan fingerprint density at radius 3 is 2.28 bits per heavy atom. The maximum Gasteiger partial charge on any atom is 0.0610 e. The average molecular weight is 276 g/mol. The lowest BCUT2D eigenvalue weighted by atomic mass is 9.95. The molecule has 0 amide bonds. The van der Waals surface area contributed by atoms with E-state index >= 15 is 0 Å². The van der Waals surface area contributed by atoms with Crippen molar-refractivity contribution in [3.05, 3.63) is 0 Å². The fourth-order valence-corrected chi connectivity index (χ4v) is 3.28. The standard InChI is InChI=1S/C15H33NOS/c1-13(2)8-11-18-10-7-6-9-15(5,12-17)16-14(3)4/h13-14,16-17H,6-12H2,1-5H3. The Kier molecular flexibility index (Phi) is 10.3. The normalized spacial score (nSPS) is 15.3. The van der Waals surface area contributed by atoms with E-state index in [0.29, 0.717) is 6.04 Å². The van der Waals surface area contributed by atoms with Crippen molar-refractivity contribution in [2.45, 2.75) is 71.9 Å². The van der Waals surface area contributed by atoms with Gasteiger partial charge in [-0.1, -0.05) is 34.1 Å². The van der Waals surface area contributed by atoms with Crippen LogP contribution in [0.3, 0.4) is 0 Å². The lowest BCUT2D eigenvalue weighted by Gasteiger charge is -2.31. The van der Waals surface area contributed by atoms with Crippen molar-refractivity contribution in [3.63, 3.8) is 0 Å². The first-order chi connectivity index (χ1) is 8.39. The first-order valence-corrected chi connectivity index (χ1v) is 8.51. The van der Waals surface area contributed by atoms with E-state index in [1.165, 1.54) is 30.8 Å². The minimum atomic E-state index is -0.100. The third kappa shape index (κ3) is 10.2. The molecule has 2 N–H and O–H groups in total. The lowest BCUT2D eigenvalue weighted by Crippen LogP contribution is -2.49. The minimum absolute atomic E-state index is 0.100. The molecule has 0 rings (SSSR count). The highest BCUT2D eigenvalue weighted by molar-refractivity contribution is 7.99. The average Bonchev–Trinajstić information content (AvgIpc) is 2.26. The van der Waals surface area contributed by atoms with Crippen molar-refractivity contribution in [3.8, 4) is 0 Å². The van der Waals surface area contributed by atoms with Gasteiger partial charge in [0.25, 0.3) is 0 Å². The second-order valence-electron chi connectivity index (χ2n) is 6.27. The Labute approximate surface area is 118 Å². The molecule has 3 heteroatoms. The van der Waals surface area contributed by atoms with Crippen molar-refractivity contribution in [2.75, 3.05) is 18.1 Å². The van der Waals surface area contributed by atoms with E-state index in [1.807, 2.05) is 0 Å². The van der Waals surface area contributed by atoms with E-state index in [2.05, 4.69) is 51.7 Å². The summed E-state index contributed by atoms with van der Waals surface area (Å²) in [5.41, 5.74) is -0.100. The van der Waals surface area contributed by atoms with Crippen LogP contribution < -0.4 is 5.32 Å². The molecule has 2 nitrogen and oxygen atoms in total. The zero-order chi connectivity index (χ0) is 14.0. The summed E-state index contributed by atoms with van der Waals surface area (Å²) in [6.45, 7) is 11.2. The molecule has 0 aliphatic heterocycles. The van der Waals surface area contributed by atoms with Gasteiger partial charge in [0.1, 0.15) is 0 Å². The number of rotatable bonds is 11. The van der Waals surface area contributed by atoms with Gasteiger partial charge in [0.2, 0.25) is 0 Å². The van der Waals surface area contributed by atoms with Crippen LogP contribution in [0, 0.1) is 5.92 Å². The summed E-state index contributed by atoms with van der Waals surface area (Å²) in [7, 11) is 0. The van der Waals surface area contributed by atoms with Crippen LogP contribution in [0.5, 0.6) is 0 Å². The summed E-state index contributed by atoms with van der Waals surface area (Å²) in [6.07, 6.45) is 4.85. The maximum atomic E-state index is 9.47. The van der Waals surface area contributed by atoms with Crippen molar-refractivity contribution in [1.82, 2.24) is 5.32 Å². The minimum Gasteiger partial charge on any atom is -0.394 e. The molecule has 0 aliphatic rings. The largest absolute Gasteiger partial charge is 0.394 e. The van der Waals surface area contributed by atoms with E-state index in [4.69, 9.17) is 0 Å². The Balaban J connectivity index is 3.56. The van der Waals surface area contributed by atoms with Gasteiger partial charge in [-0.3, -0.25) is 0 Å². The van der Waals surface area contributed by atoms with Gasteiger partial charge in [-0.25, -0.2) is 0 Å². The van der Waals surface area contributed by atoms with E-state index in [0.717, 1.165) is 12.3 Å². The molecular formula is C15H33NOS. The van der Waals surface area contributed by atoms with Crippen LogP contribution in [0.15, 0.2) is 0 Å². The molecule has 1 atom stereocenters. The van der Waals surface area contributed by atoms with E-state index in [1.54, 1.807) is 0 Å². The molecule has 0 aromatic rings. The summed E-state index contributed by atoms with van der Waals surface area (Å²) in [5, 5.41) is 12.9. The number of unbranched alkanes of at least 4 members (excludes halogenated alkanes) is 1. The molecule has 1 unspecified atom stereocenters. The Hall–Kier alpha value is 0.270. The Morgan fingerprint density at radius 2 is 1.78 bits per heavy atom. The van der Waals surface area contributed by atoms with Crippen LogP contribution >= 0.6 is 11.8 Å². The van der Waals surface area contributed by atoms with Gasteiger partial charge >= 0.3 is 0 Å². The first-order valence-electron chi connectivity index (χ1n) is 7.36. The van der Waals surface area contributed by atoms with Crippen molar-refractivity contribution >= 4 is 11.8 Å². The molecule has 0 bridgehead atoms. The number of hydrogen-bond donors (Lipinski definition) is 2. The molecule has 0 heterocycles. The monoisotopic (exact) mass is 275 g/mol. The quantitative estimate of drug-likeness (QED) is 0.564. The molecule has 0 fully saturated rings. The van der Waals surface area contributed by atoms with E-state index < -0.39 is 0 Å². The van der Waals surface area contributed by atoms with Crippen LogP contribution in [0.25, 0.3) is 0 Å². The van der Waals surface area contributed by atoms with E-state index in [-0.39, 0.29) is 12.1 Å². The SMILES string of the molecule is CC(C)CCSCCCCC(C)(CO)NC(C)C. The predicted octanol–water partition coefficient (Wildman–Crippen LogP) is 3.69. The lowest BCUT2D eigenvalue weighted by molar-refractivity contribution is 0.154. The smallest absolute Gasteiger partial charge is 0.0610 e. The summed E-state index contributed by atoms with van der Waals surface area (Å²) < 4.78 is 0. The fraction of sp³-hybridized carbons (Fsp3) is 1.00. The summed E-state index contributed by atoms with van der Waals surface area (Å²) >= 11 is 2.07.